The van der Waals surface area contributed by atoms with E-state index in [2.05, 4.69) is 53.8 Å². The summed E-state index contributed by atoms with van der Waals surface area (Å²) in [5.74, 6) is 0.901. The van der Waals surface area contributed by atoms with Gasteiger partial charge in [0.15, 0.2) is 5.96 Å². The van der Waals surface area contributed by atoms with Gasteiger partial charge in [-0.2, -0.15) is 5.10 Å². The van der Waals surface area contributed by atoms with Crippen LogP contribution in [0, 0.1) is 5.41 Å². The first-order valence-electron chi connectivity index (χ1n) is 11.4. The highest BCUT2D eigenvalue weighted by atomic mass is 127. The van der Waals surface area contributed by atoms with E-state index in [0.717, 1.165) is 45.2 Å². The Labute approximate surface area is 204 Å². The van der Waals surface area contributed by atoms with Crippen LogP contribution in [-0.4, -0.2) is 42.0 Å². The van der Waals surface area contributed by atoms with Crippen LogP contribution < -0.4 is 10.6 Å². The Hall–Kier alpha value is -1.61. The average Bonchev–Trinajstić information content (AvgIpc) is 3.43. The second-order valence-electron chi connectivity index (χ2n) is 8.23. The topological polar surface area (TPSA) is 63.5 Å². The molecule has 1 aliphatic rings. The van der Waals surface area contributed by atoms with E-state index < -0.39 is 0 Å². The minimum absolute atomic E-state index is 0. The molecule has 0 spiro atoms. The normalized spacial score (nSPS) is 15.5. The smallest absolute Gasteiger partial charge is 0.191 e. The van der Waals surface area contributed by atoms with Crippen molar-refractivity contribution in [3.05, 3.63) is 53.9 Å². The van der Waals surface area contributed by atoms with E-state index in [9.17, 15) is 0 Å². The van der Waals surface area contributed by atoms with Gasteiger partial charge in [0.25, 0.3) is 0 Å². The molecule has 6 nitrogen and oxygen atoms in total. The van der Waals surface area contributed by atoms with E-state index in [0.29, 0.717) is 12.0 Å². The molecular formula is C24H38IN5O. The van der Waals surface area contributed by atoms with Crippen molar-refractivity contribution in [2.75, 3.05) is 26.3 Å². The Morgan fingerprint density at radius 1 is 1.16 bits per heavy atom. The Morgan fingerprint density at radius 3 is 2.68 bits per heavy atom. The zero-order valence-electron chi connectivity index (χ0n) is 19.0. The second-order valence-corrected chi connectivity index (χ2v) is 8.23. The third-order valence-corrected chi connectivity index (χ3v) is 5.94. The summed E-state index contributed by atoms with van der Waals surface area (Å²) in [6.45, 7) is 9.10. The van der Waals surface area contributed by atoms with Crippen LogP contribution >= 0.6 is 24.0 Å². The summed E-state index contributed by atoms with van der Waals surface area (Å²) in [5, 5.41) is 11.3. The average molecular weight is 540 g/mol. The fourth-order valence-electron chi connectivity index (χ4n) is 4.26. The molecule has 2 aromatic rings. The van der Waals surface area contributed by atoms with Crippen molar-refractivity contribution in [3.63, 3.8) is 0 Å². The number of aliphatic imine (C=N–C) groups is 1. The molecule has 0 saturated heterocycles. The van der Waals surface area contributed by atoms with E-state index in [1.165, 1.54) is 36.8 Å². The Kier molecular flexibility index (Phi) is 11.4. The molecule has 1 heterocycles. The first kappa shape index (κ1) is 25.6. The zero-order chi connectivity index (χ0) is 21.1. The molecule has 1 aliphatic carbocycles. The van der Waals surface area contributed by atoms with Crippen LogP contribution in [0.2, 0.25) is 0 Å². The van der Waals surface area contributed by atoms with E-state index in [1.54, 1.807) is 0 Å². The van der Waals surface area contributed by atoms with Gasteiger partial charge in [0.1, 0.15) is 0 Å². The summed E-state index contributed by atoms with van der Waals surface area (Å²) in [6, 6.07) is 10.6. The van der Waals surface area contributed by atoms with Gasteiger partial charge in [-0.15, -0.1) is 24.0 Å². The second kappa shape index (κ2) is 13.7. The van der Waals surface area contributed by atoms with Crippen LogP contribution in [0.5, 0.6) is 0 Å². The summed E-state index contributed by atoms with van der Waals surface area (Å²) in [7, 11) is 0. The maximum Gasteiger partial charge on any atom is 0.191 e. The molecule has 0 bridgehead atoms. The lowest BCUT2D eigenvalue weighted by Gasteiger charge is -2.30. The van der Waals surface area contributed by atoms with Crippen molar-refractivity contribution in [2.24, 2.45) is 10.4 Å². The number of aromatic nitrogens is 2. The number of ether oxygens (including phenoxy) is 1. The lowest BCUT2D eigenvalue weighted by molar-refractivity contribution is 0.105. The predicted molar refractivity (Wildman–Crippen MR) is 138 cm³/mol. The predicted octanol–water partition coefficient (Wildman–Crippen LogP) is 4.59. The maximum atomic E-state index is 5.65. The maximum absolute atomic E-state index is 5.65. The Bertz CT molecular complexity index is 772. The van der Waals surface area contributed by atoms with Gasteiger partial charge in [-0.3, -0.25) is 4.68 Å². The van der Waals surface area contributed by atoms with Crippen molar-refractivity contribution < 1.29 is 4.74 Å². The van der Waals surface area contributed by atoms with Crippen LogP contribution in [0.25, 0.3) is 0 Å². The quantitative estimate of drug-likeness (QED) is 0.190. The van der Waals surface area contributed by atoms with Gasteiger partial charge < -0.3 is 15.4 Å². The highest BCUT2D eigenvalue weighted by molar-refractivity contribution is 14.0. The number of halogens is 1. The molecule has 1 aromatic carbocycles. The van der Waals surface area contributed by atoms with Crippen LogP contribution in [-0.2, 0) is 17.8 Å². The standard InChI is InChI=1S/C24H37N5O.HI/c1-3-25-23(27-20-24(11-5-6-12-24)13-16-30-4-2)26-18-21-9-7-10-22(17-21)19-29-15-8-14-28-29;/h7-10,14-15,17H,3-6,11-13,16,18-20H2,1-2H3,(H2,25,26,27);1H. The van der Waals surface area contributed by atoms with E-state index in [1.807, 2.05) is 23.1 Å². The molecular weight excluding hydrogens is 501 g/mol. The monoisotopic (exact) mass is 539 g/mol. The highest BCUT2D eigenvalue weighted by Gasteiger charge is 2.33. The summed E-state index contributed by atoms with van der Waals surface area (Å²) < 4.78 is 7.59. The number of benzene rings is 1. The summed E-state index contributed by atoms with van der Waals surface area (Å²) in [4.78, 5) is 4.85. The number of guanidine groups is 1. The molecule has 1 aromatic heterocycles. The van der Waals surface area contributed by atoms with Crippen molar-refractivity contribution in [3.8, 4) is 0 Å². The number of hydrogen-bond donors (Lipinski definition) is 2. The van der Waals surface area contributed by atoms with Crippen LogP contribution in [0.15, 0.2) is 47.7 Å². The van der Waals surface area contributed by atoms with Crippen molar-refractivity contribution in [2.45, 2.75) is 59.0 Å². The Morgan fingerprint density at radius 2 is 1.97 bits per heavy atom. The summed E-state index contributed by atoms with van der Waals surface area (Å²) in [6.07, 6.45) is 10.1. The fraction of sp³-hybridized carbons (Fsp3) is 0.583. The van der Waals surface area contributed by atoms with Gasteiger partial charge in [-0.25, -0.2) is 4.99 Å². The third kappa shape index (κ3) is 8.44. The van der Waals surface area contributed by atoms with Crippen LogP contribution in [0.3, 0.4) is 0 Å². The van der Waals surface area contributed by atoms with Gasteiger partial charge >= 0.3 is 0 Å². The molecule has 0 amide bonds. The van der Waals surface area contributed by atoms with Crippen LogP contribution in [0.4, 0.5) is 0 Å². The molecule has 172 valence electrons. The molecule has 31 heavy (non-hydrogen) atoms. The van der Waals surface area contributed by atoms with Gasteiger partial charge in [0, 0.05) is 38.7 Å². The van der Waals surface area contributed by atoms with Gasteiger partial charge in [-0.1, -0.05) is 37.1 Å². The van der Waals surface area contributed by atoms with Crippen LogP contribution in [0.1, 0.15) is 57.1 Å². The first-order valence-corrected chi connectivity index (χ1v) is 11.4. The van der Waals surface area contributed by atoms with Gasteiger partial charge in [0.05, 0.1) is 13.1 Å². The minimum Gasteiger partial charge on any atom is -0.382 e. The highest BCUT2D eigenvalue weighted by Crippen LogP contribution is 2.40. The first-order chi connectivity index (χ1) is 14.7. The molecule has 7 heteroatoms. The largest absolute Gasteiger partial charge is 0.382 e. The molecule has 0 radical (unpaired) electrons. The molecule has 0 aliphatic heterocycles. The molecule has 0 unspecified atom stereocenters. The van der Waals surface area contributed by atoms with Gasteiger partial charge in [-0.05, 0) is 55.7 Å². The minimum atomic E-state index is 0. The van der Waals surface area contributed by atoms with E-state index in [4.69, 9.17) is 9.73 Å². The van der Waals surface area contributed by atoms with Gasteiger partial charge in [0.2, 0.25) is 0 Å². The lowest BCUT2D eigenvalue weighted by Crippen LogP contribution is -2.43. The number of hydrogen-bond acceptors (Lipinski definition) is 3. The molecule has 2 N–H and O–H groups in total. The van der Waals surface area contributed by atoms with Crippen molar-refractivity contribution >= 4 is 29.9 Å². The number of nitrogens with one attached hydrogen (secondary N) is 2. The number of rotatable bonds is 11. The summed E-state index contributed by atoms with van der Waals surface area (Å²) in [5.41, 5.74) is 2.80. The third-order valence-electron chi connectivity index (χ3n) is 5.94. The fourth-order valence-corrected chi connectivity index (χ4v) is 4.26. The summed E-state index contributed by atoms with van der Waals surface area (Å²) >= 11 is 0. The molecule has 0 atom stereocenters. The van der Waals surface area contributed by atoms with Crippen molar-refractivity contribution in [1.29, 1.82) is 0 Å². The SMILES string of the molecule is CCNC(=NCc1cccc(Cn2cccn2)c1)NCC1(CCOCC)CCCC1.I. The van der Waals surface area contributed by atoms with E-state index in [-0.39, 0.29) is 24.0 Å². The molecule has 3 rings (SSSR count). The molecule has 1 fully saturated rings. The lowest BCUT2D eigenvalue weighted by atomic mass is 9.83. The van der Waals surface area contributed by atoms with E-state index >= 15 is 0 Å². The number of nitrogens with zero attached hydrogens (tertiary/aromatic N) is 3. The Balaban J connectivity index is 0.00000341. The zero-order valence-corrected chi connectivity index (χ0v) is 21.3. The van der Waals surface area contributed by atoms with Crippen molar-refractivity contribution in [1.82, 2.24) is 20.4 Å². The molecule has 1 saturated carbocycles.